The first-order chi connectivity index (χ1) is 49.3. The molecule has 1 heterocycles. The summed E-state index contributed by atoms with van der Waals surface area (Å²) < 4.78 is 22.8. The number of benzene rings is 8. The average Bonchev–Trinajstić information content (AvgIpc) is 1.64. The van der Waals surface area contributed by atoms with E-state index in [1.54, 1.807) is 0 Å². The largest absolute Gasteiger partial charge is 1.00 e. The van der Waals surface area contributed by atoms with Gasteiger partial charge in [-0.3, -0.25) is 4.79 Å². The summed E-state index contributed by atoms with van der Waals surface area (Å²) in [5, 5.41) is 86.2. The Balaban J connectivity index is -0.000000396. The normalized spacial score (nSPS) is 13.0. The fourth-order valence-corrected chi connectivity index (χ4v) is 10.1. The van der Waals surface area contributed by atoms with Gasteiger partial charge in [-0.15, -0.1) is 0 Å². The van der Waals surface area contributed by atoms with Crippen LogP contribution in [0.1, 0.15) is 256 Å². The minimum absolute atomic E-state index is 0. The van der Waals surface area contributed by atoms with Crippen molar-refractivity contribution in [2.45, 2.75) is 234 Å². The quantitative estimate of drug-likeness (QED) is 0.00542. The van der Waals surface area contributed by atoms with Crippen molar-refractivity contribution in [2.24, 2.45) is 23.7 Å². The third kappa shape index (κ3) is 49.7. The zero-order valence-electron chi connectivity index (χ0n) is 66.5. The van der Waals surface area contributed by atoms with Gasteiger partial charge >= 0.3 is 103 Å². The monoisotopic (exact) mass is 1610 g/mol. The van der Waals surface area contributed by atoms with E-state index in [0.717, 1.165) is 108 Å². The fraction of sp³-hybridized carbons (Fsp3) is 0.456. The first-order valence-corrected chi connectivity index (χ1v) is 37.5. The van der Waals surface area contributed by atoms with Crippen molar-refractivity contribution < 1.29 is 179 Å². The van der Waals surface area contributed by atoms with Gasteiger partial charge in [0.2, 0.25) is 0 Å². The molecule has 0 aliphatic carbocycles. The number of carbonyl (C=O) groups is 1. The number of hydrogen-bond acceptors (Lipinski definition) is 15. The number of rotatable bonds is 29. The van der Waals surface area contributed by atoms with Crippen molar-refractivity contribution in [1.29, 1.82) is 0 Å². The zero-order valence-corrected chi connectivity index (χ0v) is 73.3. The van der Waals surface area contributed by atoms with Gasteiger partial charge in [0.25, 0.3) is 6.47 Å². The Morgan fingerprint density at radius 3 is 0.972 bits per heavy atom. The average molecular weight is 1610 g/mol. The molecule has 0 bridgehead atoms. The van der Waals surface area contributed by atoms with Gasteiger partial charge in [-0.05, 0) is 205 Å². The van der Waals surface area contributed by atoms with Crippen LogP contribution in [0.4, 0.5) is 0 Å². The number of phenolic OH excluding ortho intramolecular Hbond substituents is 4. The molecular weight excluding hydrogens is 1480 g/mol. The predicted molar refractivity (Wildman–Crippen MR) is 439 cm³/mol. The molecule has 0 saturated carbocycles. The van der Waals surface area contributed by atoms with E-state index < -0.39 is 24.4 Å². The van der Waals surface area contributed by atoms with Gasteiger partial charge in [-0.1, -0.05) is 249 Å². The second-order valence-corrected chi connectivity index (χ2v) is 27.1. The summed E-state index contributed by atoms with van der Waals surface area (Å²) in [6.45, 7) is 32.1. The Bertz CT molecular complexity index is 3410. The number of epoxide rings is 1. The molecule has 8 aromatic rings. The Morgan fingerprint density at radius 2 is 0.713 bits per heavy atom. The van der Waals surface area contributed by atoms with E-state index in [0.29, 0.717) is 66.9 Å². The van der Waals surface area contributed by atoms with Crippen LogP contribution < -0.4 is 122 Å². The van der Waals surface area contributed by atoms with Crippen LogP contribution in [-0.2, 0) is 34.2 Å². The number of halogens is 1. The van der Waals surface area contributed by atoms with Crippen molar-refractivity contribution in [2.75, 3.05) is 11.9 Å². The molecule has 18 heteroatoms. The van der Waals surface area contributed by atoms with Crippen LogP contribution in [-0.4, -0.2) is 59.3 Å². The van der Waals surface area contributed by atoms with Crippen molar-refractivity contribution in [3.8, 4) is 40.2 Å². The summed E-state index contributed by atoms with van der Waals surface area (Å²) in [7, 11) is 0. The molecule has 1 aliphatic heterocycles. The van der Waals surface area contributed by atoms with Crippen molar-refractivity contribution >= 4 is 22.4 Å². The molecule has 1 aliphatic rings. The standard InChI is InChI=1S/C21H28O2.C16H17BrO2.C16H16O2.2C13H20O3.C5H12.C2H6.CH2O3.3CH4.2K.H/c1-4-16(2)10-11-21(22)19-12-17(3)13-20(14-19)23-15-18-8-6-5-7-9-18;1-12-7-14(16(18)10-17)9-15(8-12)19-11-13-5-3-2-4-6-13;1-12-7-14(16-11-18-16)9-15(8-12)17-10-13-5-3-2-4-6-13;2*1-3-9(2)4-5-13(16)10-6-11(14)8-12(15)7-10;1-4-5(2)3;1-2;2-1-4-3;;;;;;/h5-9,12-14,16,21-22H,4,10-11,15H2,1-3H3;2-9,16,18H,10-11H2,1H3;2-9,16H,10-11H2,1H3;2*6-9,13-16H,3-5H2,1-2H3;5H,4H2,1-3H3;1-2H3;1,3H;3*1H4;;;/q;;;;;;;;;;;2*+1;-1/p-1. The smallest absolute Gasteiger partial charge is 1.00 e. The number of alkyl halides is 1. The SMILES string of the molecule is C.C.C.CC.CCC(C)C.CCC(C)CCC(O)c1cc(C)cc(OCc2ccccc2)c1.CCC(C)CCC(O)c1cc(O)cc(O)c1.CCC(C)CCC(O)c1cc(O)cc(O)c1.Cc1cc(OCc2ccccc2)cc(C(O)CBr)c1.Cc1cc(OCc2ccccc2)cc(C2CO2)c1.O=CO[O-].[H-].[K+].[K+]. The first kappa shape index (κ1) is 110. The molecule has 8 N–H and O–H groups in total. The Hall–Kier alpha value is -4.66. The Morgan fingerprint density at radius 1 is 0.444 bits per heavy atom. The van der Waals surface area contributed by atoms with Crippen LogP contribution in [0.2, 0.25) is 0 Å². The maximum absolute atomic E-state index is 10.4. The number of aromatic hydroxyl groups is 4. The topological polar surface area (TPSA) is 251 Å². The van der Waals surface area contributed by atoms with E-state index in [4.69, 9.17) is 29.0 Å². The van der Waals surface area contributed by atoms with Gasteiger partial charge < -0.3 is 71.4 Å². The van der Waals surface area contributed by atoms with Crippen molar-refractivity contribution in [1.82, 2.24) is 0 Å². The molecule has 592 valence electrons. The molecule has 8 aromatic carbocycles. The number of aliphatic hydroxyl groups is 4. The summed E-state index contributed by atoms with van der Waals surface area (Å²) in [6.07, 6.45) is 7.81. The molecule has 0 radical (unpaired) electrons. The Labute approximate surface area is 745 Å². The molecule has 0 aromatic heterocycles. The van der Waals surface area contributed by atoms with Gasteiger partial charge in [0.15, 0.2) is 0 Å². The summed E-state index contributed by atoms with van der Waals surface area (Å²) >= 11 is 3.29. The second kappa shape index (κ2) is 64.8. The number of ether oxygens (including phenoxy) is 4. The van der Waals surface area contributed by atoms with Crippen LogP contribution in [0.3, 0.4) is 0 Å². The number of carbonyl (C=O) groups excluding carboxylic acids is 1. The van der Waals surface area contributed by atoms with Crippen LogP contribution in [0, 0.1) is 44.4 Å². The third-order valence-corrected chi connectivity index (χ3v) is 17.6. The van der Waals surface area contributed by atoms with Crippen LogP contribution in [0.25, 0.3) is 0 Å². The molecule has 8 unspecified atom stereocenters. The van der Waals surface area contributed by atoms with Crippen molar-refractivity contribution in [3.63, 3.8) is 0 Å². The van der Waals surface area contributed by atoms with Gasteiger partial charge in [0, 0.05) is 17.5 Å². The summed E-state index contributed by atoms with van der Waals surface area (Å²) in [5.41, 5.74) is 11.1. The molecule has 1 fully saturated rings. The van der Waals surface area contributed by atoms with E-state index in [-0.39, 0.29) is 162 Å². The summed E-state index contributed by atoms with van der Waals surface area (Å²) in [5.74, 6) is 5.18. The molecule has 1 saturated heterocycles. The van der Waals surface area contributed by atoms with E-state index in [1.165, 1.54) is 59.5 Å². The molecule has 108 heavy (non-hydrogen) atoms. The molecule has 8 atom stereocenters. The maximum atomic E-state index is 10.4. The van der Waals surface area contributed by atoms with E-state index in [1.807, 2.05) is 125 Å². The molecular formula is C90H133BrK2O15. The number of phenols is 4. The second-order valence-electron chi connectivity index (χ2n) is 26.4. The van der Waals surface area contributed by atoms with Crippen LogP contribution in [0.5, 0.6) is 40.2 Å². The molecule has 9 rings (SSSR count). The van der Waals surface area contributed by atoms with Gasteiger partial charge in [0.1, 0.15) is 66.2 Å². The van der Waals surface area contributed by atoms with Gasteiger partial charge in [-0.2, -0.15) is 0 Å². The minimum atomic E-state index is -0.619. The summed E-state index contributed by atoms with van der Waals surface area (Å²) in [6, 6.07) is 57.0. The van der Waals surface area contributed by atoms with E-state index >= 15 is 0 Å². The first-order valence-electron chi connectivity index (χ1n) is 36.3. The zero-order chi connectivity index (χ0) is 76.7. The molecule has 0 spiro atoms. The van der Waals surface area contributed by atoms with Crippen molar-refractivity contribution in [3.05, 3.63) is 243 Å². The molecule has 0 amide bonds. The number of aliphatic hydroxyl groups excluding tert-OH is 4. The van der Waals surface area contributed by atoms with Crippen LogP contribution in [0.15, 0.2) is 182 Å². The van der Waals surface area contributed by atoms with Crippen LogP contribution >= 0.6 is 15.9 Å². The van der Waals surface area contributed by atoms with Gasteiger partial charge in [0.05, 0.1) is 31.0 Å². The fourth-order valence-electron chi connectivity index (χ4n) is 9.76. The third-order valence-electron chi connectivity index (χ3n) is 16.9. The maximum Gasteiger partial charge on any atom is 1.00 e. The van der Waals surface area contributed by atoms with E-state index in [2.05, 4.69) is 139 Å². The van der Waals surface area contributed by atoms with Gasteiger partial charge in [-0.25, -0.2) is 0 Å². The minimum Gasteiger partial charge on any atom is -1.00 e. The predicted octanol–water partition coefficient (Wildman–Crippen LogP) is 16.5. The number of aryl methyl sites for hydroxylation is 3. The van der Waals surface area contributed by atoms with E-state index in [9.17, 15) is 40.9 Å². The Kier molecular flexibility index (Phi) is 65.8. The number of hydrogen-bond donors (Lipinski definition) is 8. The molecule has 15 nitrogen and oxygen atoms in total. The summed E-state index contributed by atoms with van der Waals surface area (Å²) in [4.78, 5) is 11.2.